The fourth-order valence-corrected chi connectivity index (χ4v) is 2.80. The van der Waals surface area contributed by atoms with E-state index >= 15 is 0 Å². The number of fused-ring (bicyclic) bond motifs is 1. The van der Waals surface area contributed by atoms with Gasteiger partial charge in [0.25, 0.3) is 11.5 Å². The smallest absolute Gasteiger partial charge is 0.272 e. The van der Waals surface area contributed by atoms with Gasteiger partial charge in [0.15, 0.2) is 4.96 Å². The van der Waals surface area contributed by atoms with Crippen LogP contribution in [-0.4, -0.2) is 15.3 Å². The SMILES string of the molecule is NNC(=O)c1cnc2scc(-c3ccccc3)n2c1=O. The first-order valence-electron chi connectivity index (χ1n) is 5.78. The van der Waals surface area contributed by atoms with Crippen LogP contribution in [-0.2, 0) is 0 Å². The Morgan fingerprint density at radius 3 is 2.75 bits per heavy atom. The van der Waals surface area contributed by atoms with Gasteiger partial charge in [-0.1, -0.05) is 30.3 Å². The van der Waals surface area contributed by atoms with Crippen LogP contribution in [0.25, 0.3) is 16.2 Å². The molecule has 2 heterocycles. The number of aromatic nitrogens is 2. The van der Waals surface area contributed by atoms with Crippen molar-refractivity contribution in [3.63, 3.8) is 0 Å². The van der Waals surface area contributed by atoms with Crippen molar-refractivity contribution in [3.05, 3.63) is 57.8 Å². The van der Waals surface area contributed by atoms with Gasteiger partial charge in [0.2, 0.25) is 0 Å². The first-order chi connectivity index (χ1) is 9.72. The number of carbonyl (C=O) groups excluding carboxylic acids is 1. The first-order valence-corrected chi connectivity index (χ1v) is 6.66. The Hall–Kier alpha value is -2.51. The van der Waals surface area contributed by atoms with Crippen molar-refractivity contribution < 1.29 is 4.79 Å². The van der Waals surface area contributed by atoms with Crippen molar-refractivity contribution in [2.24, 2.45) is 5.84 Å². The van der Waals surface area contributed by atoms with E-state index in [9.17, 15) is 9.59 Å². The summed E-state index contributed by atoms with van der Waals surface area (Å²) in [5, 5.41) is 1.84. The number of carbonyl (C=O) groups is 1. The van der Waals surface area contributed by atoms with E-state index in [4.69, 9.17) is 5.84 Å². The van der Waals surface area contributed by atoms with Gasteiger partial charge in [-0.3, -0.25) is 19.4 Å². The van der Waals surface area contributed by atoms with Gasteiger partial charge < -0.3 is 0 Å². The molecule has 0 aliphatic heterocycles. The van der Waals surface area contributed by atoms with Crippen molar-refractivity contribution in [1.29, 1.82) is 0 Å². The van der Waals surface area contributed by atoms with E-state index in [0.717, 1.165) is 5.56 Å². The number of amides is 1. The van der Waals surface area contributed by atoms with Gasteiger partial charge in [-0.2, -0.15) is 0 Å². The Balaban J connectivity index is 2.31. The number of thiazole rings is 1. The Labute approximate surface area is 117 Å². The lowest BCUT2D eigenvalue weighted by Gasteiger charge is -2.03. The zero-order valence-electron chi connectivity index (χ0n) is 10.2. The largest absolute Gasteiger partial charge is 0.290 e. The van der Waals surface area contributed by atoms with Crippen LogP contribution >= 0.6 is 11.3 Å². The number of nitrogen functional groups attached to an aromatic ring is 1. The molecule has 7 heteroatoms. The standard InChI is InChI=1S/C13H10N4O2S/c14-16-11(18)9-6-15-13-17(12(9)19)10(7-20-13)8-4-2-1-3-5-8/h1-7H,14H2,(H,16,18). The van der Waals surface area contributed by atoms with E-state index in [1.165, 1.54) is 21.9 Å². The molecule has 2 aromatic heterocycles. The highest BCUT2D eigenvalue weighted by Gasteiger charge is 2.15. The minimum Gasteiger partial charge on any atom is -0.290 e. The number of benzene rings is 1. The van der Waals surface area contributed by atoms with Crippen LogP contribution in [0.1, 0.15) is 10.4 Å². The number of hydrogen-bond acceptors (Lipinski definition) is 5. The number of hydrogen-bond donors (Lipinski definition) is 2. The molecule has 0 saturated carbocycles. The van der Waals surface area contributed by atoms with Crippen LogP contribution in [0, 0.1) is 0 Å². The third-order valence-corrected chi connectivity index (χ3v) is 3.73. The number of nitrogens with two attached hydrogens (primary N) is 1. The molecule has 0 unspecified atom stereocenters. The van der Waals surface area contributed by atoms with E-state index in [0.29, 0.717) is 10.7 Å². The van der Waals surface area contributed by atoms with E-state index in [1.807, 2.05) is 41.1 Å². The van der Waals surface area contributed by atoms with Crippen molar-refractivity contribution in [1.82, 2.24) is 14.8 Å². The maximum atomic E-state index is 12.4. The maximum Gasteiger partial charge on any atom is 0.272 e. The summed E-state index contributed by atoms with van der Waals surface area (Å²) < 4.78 is 1.42. The molecule has 1 aromatic carbocycles. The minimum absolute atomic E-state index is 0.0828. The molecule has 3 rings (SSSR count). The molecule has 0 atom stereocenters. The van der Waals surface area contributed by atoms with Crippen LogP contribution < -0.4 is 16.8 Å². The van der Waals surface area contributed by atoms with Crippen molar-refractivity contribution in [2.75, 3.05) is 0 Å². The summed E-state index contributed by atoms with van der Waals surface area (Å²) >= 11 is 1.34. The predicted molar refractivity (Wildman–Crippen MR) is 76.4 cm³/mol. The molecule has 0 aliphatic rings. The summed E-state index contributed by atoms with van der Waals surface area (Å²) in [7, 11) is 0. The van der Waals surface area contributed by atoms with Gasteiger partial charge in [-0.25, -0.2) is 10.8 Å². The third kappa shape index (κ3) is 1.89. The topological polar surface area (TPSA) is 89.5 Å². The van der Waals surface area contributed by atoms with E-state index in [2.05, 4.69) is 4.98 Å². The zero-order valence-corrected chi connectivity index (χ0v) is 11.1. The summed E-state index contributed by atoms with van der Waals surface area (Å²) in [6.45, 7) is 0. The highest BCUT2D eigenvalue weighted by molar-refractivity contribution is 7.15. The summed E-state index contributed by atoms with van der Waals surface area (Å²) in [5.41, 5.74) is 3.02. The lowest BCUT2D eigenvalue weighted by atomic mass is 10.2. The van der Waals surface area contributed by atoms with Crippen LogP contribution in [0.2, 0.25) is 0 Å². The van der Waals surface area contributed by atoms with E-state index in [-0.39, 0.29) is 5.56 Å². The molecule has 3 aromatic rings. The van der Waals surface area contributed by atoms with E-state index < -0.39 is 11.5 Å². The Morgan fingerprint density at radius 2 is 2.05 bits per heavy atom. The van der Waals surface area contributed by atoms with Crippen molar-refractivity contribution in [3.8, 4) is 11.3 Å². The third-order valence-electron chi connectivity index (χ3n) is 2.89. The lowest BCUT2D eigenvalue weighted by molar-refractivity contribution is 0.0951. The average Bonchev–Trinajstić information content (AvgIpc) is 2.92. The van der Waals surface area contributed by atoms with Crippen LogP contribution in [0.5, 0.6) is 0 Å². The number of rotatable bonds is 2. The van der Waals surface area contributed by atoms with Crippen LogP contribution in [0.4, 0.5) is 0 Å². The van der Waals surface area contributed by atoms with Gasteiger partial charge in [0, 0.05) is 11.6 Å². The van der Waals surface area contributed by atoms with Gasteiger partial charge in [0.1, 0.15) is 5.56 Å². The van der Waals surface area contributed by atoms with E-state index in [1.54, 1.807) is 0 Å². The minimum atomic E-state index is -0.651. The van der Waals surface area contributed by atoms with Crippen LogP contribution in [0.15, 0.2) is 46.7 Å². The maximum absolute atomic E-state index is 12.4. The Kier molecular flexibility index (Phi) is 3.05. The zero-order chi connectivity index (χ0) is 14.1. The molecule has 3 N–H and O–H groups in total. The normalized spacial score (nSPS) is 10.7. The monoisotopic (exact) mass is 286 g/mol. The van der Waals surface area contributed by atoms with Crippen molar-refractivity contribution >= 4 is 22.2 Å². The fraction of sp³-hybridized carbons (Fsp3) is 0. The van der Waals surface area contributed by atoms with Crippen LogP contribution in [0.3, 0.4) is 0 Å². The average molecular weight is 286 g/mol. The molecule has 20 heavy (non-hydrogen) atoms. The molecule has 0 spiro atoms. The molecule has 0 bridgehead atoms. The highest BCUT2D eigenvalue weighted by Crippen LogP contribution is 2.23. The molecule has 0 radical (unpaired) electrons. The molecular formula is C13H10N4O2S. The predicted octanol–water partition coefficient (Wildman–Crippen LogP) is 1.03. The molecule has 0 saturated heterocycles. The highest BCUT2D eigenvalue weighted by atomic mass is 32.1. The molecule has 6 nitrogen and oxygen atoms in total. The number of nitrogens with zero attached hydrogens (tertiary/aromatic N) is 2. The van der Waals surface area contributed by atoms with Gasteiger partial charge in [-0.05, 0) is 5.56 Å². The Bertz CT molecular complexity index is 838. The number of hydrazine groups is 1. The molecule has 100 valence electrons. The molecule has 0 fully saturated rings. The second-order valence-corrected chi connectivity index (χ2v) is 4.89. The second kappa shape index (κ2) is 4.87. The first kappa shape index (κ1) is 12.5. The van der Waals surface area contributed by atoms with Gasteiger partial charge >= 0.3 is 0 Å². The second-order valence-electron chi connectivity index (χ2n) is 4.06. The molecule has 0 aliphatic carbocycles. The Morgan fingerprint density at radius 1 is 1.30 bits per heavy atom. The quantitative estimate of drug-likeness (QED) is 0.418. The lowest BCUT2D eigenvalue weighted by Crippen LogP contribution is -2.35. The molecular weight excluding hydrogens is 276 g/mol. The number of nitrogens with one attached hydrogen (secondary N) is 1. The summed E-state index contributed by atoms with van der Waals surface area (Å²) in [4.78, 5) is 28.6. The fourth-order valence-electron chi connectivity index (χ4n) is 1.94. The summed E-state index contributed by atoms with van der Waals surface area (Å²) in [5.74, 6) is 4.42. The summed E-state index contributed by atoms with van der Waals surface area (Å²) in [6.07, 6.45) is 1.24. The molecule has 1 amide bonds. The summed E-state index contributed by atoms with van der Waals surface area (Å²) in [6, 6.07) is 9.45. The van der Waals surface area contributed by atoms with Crippen molar-refractivity contribution in [2.45, 2.75) is 0 Å². The van der Waals surface area contributed by atoms with Gasteiger partial charge in [0.05, 0.1) is 5.69 Å². The van der Waals surface area contributed by atoms with Gasteiger partial charge in [-0.15, -0.1) is 11.3 Å².